The molecule has 2 rings (SSSR count). The van der Waals surface area contributed by atoms with Crippen LogP contribution in [0.5, 0.6) is 0 Å². The van der Waals surface area contributed by atoms with Crippen molar-refractivity contribution in [3.8, 4) is 0 Å². The maximum absolute atomic E-state index is 11.1. The van der Waals surface area contributed by atoms with Gasteiger partial charge in [-0.2, -0.15) is 0 Å². The highest BCUT2D eigenvalue weighted by Crippen LogP contribution is 2.25. The van der Waals surface area contributed by atoms with Gasteiger partial charge < -0.3 is 5.32 Å². The van der Waals surface area contributed by atoms with Crippen molar-refractivity contribution >= 4 is 50.4 Å². The van der Waals surface area contributed by atoms with Gasteiger partial charge in [-0.05, 0) is 30.3 Å². The Kier molecular flexibility index (Phi) is 4.37. The lowest BCUT2D eigenvalue weighted by molar-refractivity contribution is 0.606. The predicted octanol–water partition coefficient (Wildman–Crippen LogP) is 3.50. The van der Waals surface area contributed by atoms with Crippen molar-refractivity contribution in [2.75, 3.05) is 16.3 Å². The monoisotopic (exact) mass is 331 g/mol. The van der Waals surface area contributed by atoms with Crippen LogP contribution < -0.4 is 10.0 Å². The number of pyridine rings is 1. The van der Waals surface area contributed by atoms with E-state index in [4.69, 9.17) is 23.2 Å². The molecule has 106 valence electrons. The Balaban J connectivity index is 2.14. The smallest absolute Gasteiger partial charge is 0.230 e. The number of aromatic nitrogens is 1. The molecule has 0 amide bonds. The van der Waals surface area contributed by atoms with E-state index in [9.17, 15) is 8.42 Å². The molecule has 20 heavy (non-hydrogen) atoms. The van der Waals surface area contributed by atoms with Crippen molar-refractivity contribution in [2.45, 2.75) is 0 Å². The molecule has 0 radical (unpaired) electrons. The second-order valence-corrected chi connectivity index (χ2v) is 6.71. The number of nitrogens with one attached hydrogen (secondary N) is 2. The SMILES string of the molecule is CS(=O)(=O)Nc1ccc(Nc2cc(Cl)cc(Cl)c2)cn1. The number of nitrogens with zero attached hydrogens (tertiary/aromatic N) is 1. The Hall–Kier alpha value is -1.50. The summed E-state index contributed by atoms with van der Waals surface area (Å²) in [4.78, 5) is 3.99. The number of halogens is 2. The zero-order chi connectivity index (χ0) is 14.8. The lowest BCUT2D eigenvalue weighted by atomic mass is 10.3. The molecule has 0 aliphatic carbocycles. The van der Waals surface area contributed by atoms with Crippen LogP contribution in [0.25, 0.3) is 0 Å². The average molecular weight is 332 g/mol. The van der Waals surface area contributed by atoms with Crippen molar-refractivity contribution < 1.29 is 8.42 Å². The largest absolute Gasteiger partial charge is 0.354 e. The summed E-state index contributed by atoms with van der Waals surface area (Å²) in [6.45, 7) is 0. The van der Waals surface area contributed by atoms with Gasteiger partial charge in [-0.25, -0.2) is 13.4 Å². The van der Waals surface area contributed by atoms with Crippen LogP contribution >= 0.6 is 23.2 Å². The topological polar surface area (TPSA) is 71.1 Å². The van der Waals surface area contributed by atoms with Gasteiger partial charge in [-0.3, -0.25) is 4.72 Å². The third-order valence-electron chi connectivity index (χ3n) is 2.20. The lowest BCUT2D eigenvalue weighted by Gasteiger charge is -2.08. The molecule has 0 saturated heterocycles. The molecule has 0 fully saturated rings. The van der Waals surface area contributed by atoms with Crippen LogP contribution in [0.4, 0.5) is 17.2 Å². The standard InChI is InChI=1S/C12H11Cl2N3O2S/c1-20(18,19)17-12-3-2-10(7-15-12)16-11-5-8(13)4-9(14)6-11/h2-7,16H,1H3,(H,15,17). The molecule has 5 nitrogen and oxygen atoms in total. The maximum atomic E-state index is 11.1. The Labute approximate surface area is 127 Å². The summed E-state index contributed by atoms with van der Waals surface area (Å²) in [5.74, 6) is 0.252. The van der Waals surface area contributed by atoms with Crippen molar-refractivity contribution in [3.63, 3.8) is 0 Å². The van der Waals surface area contributed by atoms with Gasteiger partial charge in [0, 0.05) is 15.7 Å². The van der Waals surface area contributed by atoms with E-state index in [-0.39, 0.29) is 5.82 Å². The molecule has 2 N–H and O–H groups in total. The highest BCUT2D eigenvalue weighted by Gasteiger charge is 2.03. The summed E-state index contributed by atoms with van der Waals surface area (Å²) < 4.78 is 24.4. The highest BCUT2D eigenvalue weighted by molar-refractivity contribution is 7.92. The van der Waals surface area contributed by atoms with Crippen LogP contribution in [-0.2, 0) is 10.0 Å². The molecule has 0 spiro atoms. The molecule has 0 saturated carbocycles. The van der Waals surface area contributed by atoms with E-state index >= 15 is 0 Å². The minimum absolute atomic E-state index is 0.252. The third kappa shape index (κ3) is 4.56. The molecule has 1 aromatic heterocycles. The van der Waals surface area contributed by atoms with Gasteiger partial charge in [-0.15, -0.1) is 0 Å². The minimum atomic E-state index is -3.33. The molecular formula is C12H11Cl2N3O2S. The first-order chi connectivity index (χ1) is 9.32. The molecular weight excluding hydrogens is 321 g/mol. The van der Waals surface area contributed by atoms with E-state index in [2.05, 4.69) is 15.0 Å². The van der Waals surface area contributed by atoms with Crippen LogP contribution in [0.15, 0.2) is 36.5 Å². The second kappa shape index (κ2) is 5.87. The van der Waals surface area contributed by atoms with Crippen LogP contribution in [0.1, 0.15) is 0 Å². The summed E-state index contributed by atoms with van der Waals surface area (Å²) in [6.07, 6.45) is 2.57. The maximum Gasteiger partial charge on any atom is 0.230 e. The summed E-state index contributed by atoms with van der Waals surface area (Å²) in [7, 11) is -3.33. The van der Waals surface area contributed by atoms with Crippen molar-refractivity contribution in [3.05, 3.63) is 46.6 Å². The number of sulfonamides is 1. The van der Waals surface area contributed by atoms with Gasteiger partial charge >= 0.3 is 0 Å². The van der Waals surface area contributed by atoms with Gasteiger partial charge in [-0.1, -0.05) is 23.2 Å². The molecule has 1 heterocycles. The van der Waals surface area contributed by atoms with E-state index in [1.54, 1.807) is 30.3 Å². The Morgan fingerprint density at radius 3 is 2.20 bits per heavy atom. The number of rotatable bonds is 4. The fourth-order valence-corrected chi connectivity index (χ4v) is 2.54. The fraction of sp³-hybridized carbons (Fsp3) is 0.0833. The van der Waals surface area contributed by atoms with Crippen LogP contribution in [0.2, 0.25) is 10.0 Å². The highest BCUT2D eigenvalue weighted by atomic mass is 35.5. The Morgan fingerprint density at radius 2 is 1.70 bits per heavy atom. The van der Waals surface area contributed by atoms with Gasteiger partial charge in [0.15, 0.2) is 0 Å². The lowest BCUT2D eigenvalue weighted by Crippen LogP contribution is -2.10. The zero-order valence-electron chi connectivity index (χ0n) is 10.4. The first-order valence-electron chi connectivity index (χ1n) is 5.49. The summed E-state index contributed by atoms with van der Waals surface area (Å²) in [5.41, 5.74) is 1.40. The molecule has 0 unspecified atom stereocenters. The second-order valence-electron chi connectivity index (χ2n) is 4.09. The molecule has 0 bridgehead atoms. The number of benzene rings is 1. The van der Waals surface area contributed by atoms with E-state index in [1.165, 1.54) is 6.20 Å². The molecule has 0 atom stereocenters. The molecule has 8 heteroatoms. The van der Waals surface area contributed by atoms with E-state index < -0.39 is 10.0 Å². The quantitative estimate of drug-likeness (QED) is 0.899. The summed E-state index contributed by atoms with van der Waals surface area (Å²) >= 11 is 11.8. The Morgan fingerprint density at radius 1 is 1.05 bits per heavy atom. The molecule has 1 aromatic carbocycles. The van der Waals surface area contributed by atoms with E-state index in [1.807, 2.05) is 0 Å². The van der Waals surface area contributed by atoms with Gasteiger partial charge in [0.2, 0.25) is 10.0 Å². The van der Waals surface area contributed by atoms with Gasteiger partial charge in [0.1, 0.15) is 5.82 Å². The average Bonchev–Trinajstić information content (AvgIpc) is 2.28. The molecule has 2 aromatic rings. The molecule has 0 aliphatic heterocycles. The zero-order valence-corrected chi connectivity index (χ0v) is 12.7. The minimum Gasteiger partial charge on any atom is -0.354 e. The summed E-state index contributed by atoms with van der Waals surface area (Å²) in [6, 6.07) is 8.31. The van der Waals surface area contributed by atoms with Crippen LogP contribution in [0, 0.1) is 0 Å². The van der Waals surface area contributed by atoms with Crippen molar-refractivity contribution in [1.82, 2.24) is 4.98 Å². The first-order valence-corrected chi connectivity index (χ1v) is 8.13. The normalized spacial score (nSPS) is 11.2. The predicted molar refractivity (Wildman–Crippen MR) is 82.4 cm³/mol. The number of hydrogen-bond donors (Lipinski definition) is 2. The van der Waals surface area contributed by atoms with Crippen molar-refractivity contribution in [1.29, 1.82) is 0 Å². The van der Waals surface area contributed by atoms with Crippen LogP contribution in [0.3, 0.4) is 0 Å². The number of hydrogen-bond acceptors (Lipinski definition) is 4. The van der Waals surface area contributed by atoms with Gasteiger partial charge in [0.05, 0.1) is 18.1 Å². The van der Waals surface area contributed by atoms with Gasteiger partial charge in [0.25, 0.3) is 0 Å². The third-order valence-corrected chi connectivity index (χ3v) is 3.22. The fourth-order valence-electron chi connectivity index (χ4n) is 1.51. The Bertz CT molecular complexity index is 698. The molecule has 0 aliphatic rings. The summed E-state index contributed by atoms with van der Waals surface area (Å²) in [5, 5.41) is 4.10. The van der Waals surface area contributed by atoms with Crippen LogP contribution in [-0.4, -0.2) is 19.7 Å². The first kappa shape index (κ1) is 14.9. The van der Waals surface area contributed by atoms with E-state index in [0.29, 0.717) is 21.4 Å². The van der Waals surface area contributed by atoms with E-state index in [0.717, 1.165) is 6.26 Å². The van der Waals surface area contributed by atoms with Crippen molar-refractivity contribution in [2.24, 2.45) is 0 Å². The number of anilines is 3.